The molecule has 6 heteroatoms. The first-order valence-electron chi connectivity index (χ1n) is 6.03. The van der Waals surface area contributed by atoms with E-state index in [1.54, 1.807) is 23.9 Å². The van der Waals surface area contributed by atoms with E-state index >= 15 is 0 Å². The van der Waals surface area contributed by atoms with Gasteiger partial charge in [-0.25, -0.2) is 15.0 Å². The second kappa shape index (κ2) is 4.62. The van der Waals surface area contributed by atoms with Crippen molar-refractivity contribution < 1.29 is 4.42 Å². The summed E-state index contributed by atoms with van der Waals surface area (Å²) in [7, 11) is 0. The molecule has 0 aromatic carbocycles. The molecule has 0 radical (unpaired) electrons. The van der Waals surface area contributed by atoms with Gasteiger partial charge in [-0.05, 0) is 31.7 Å². The van der Waals surface area contributed by atoms with Crippen molar-refractivity contribution in [3.05, 3.63) is 35.1 Å². The van der Waals surface area contributed by atoms with Crippen molar-refractivity contribution in [1.29, 1.82) is 0 Å². The van der Waals surface area contributed by atoms with Crippen LogP contribution in [0.25, 0.3) is 10.2 Å². The maximum absolute atomic E-state index is 5.52. The number of oxazole rings is 1. The molecule has 1 atom stereocenters. The Kier molecular flexibility index (Phi) is 2.94. The van der Waals surface area contributed by atoms with E-state index in [0.29, 0.717) is 5.89 Å². The van der Waals surface area contributed by atoms with E-state index < -0.39 is 0 Å². The highest BCUT2D eigenvalue weighted by Gasteiger charge is 2.15. The van der Waals surface area contributed by atoms with Gasteiger partial charge in [0.25, 0.3) is 0 Å². The lowest BCUT2D eigenvalue weighted by Gasteiger charge is -2.11. The van der Waals surface area contributed by atoms with E-state index in [2.05, 4.69) is 32.6 Å². The molecule has 3 aromatic rings. The molecule has 19 heavy (non-hydrogen) atoms. The van der Waals surface area contributed by atoms with Gasteiger partial charge in [0.2, 0.25) is 5.89 Å². The van der Waals surface area contributed by atoms with Crippen LogP contribution in [0.3, 0.4) is 0 Å². The molecule has 0 saturated heterocycles. The van der Waals surface area contributed by atoms with Crippen LogP contribution in [0.2, 0.25) is 0 Å². The first-order chi connectivity index (χ1) is 9.15. The Morgan fingerprint density at radius 2 is 2.11 bits per heavy atom. The van der Waals surface area contributed by atoms with Crippen molar-refractivity contribution in [1.82, 2.24) is 15.0 Å². The van der Waals surface area contributed by atoms with E-state index in [0.717, 1.165) is 21.8 Å². The molecule has 0 aliphatic rings. The predicted molar refractivity (Wildman–Crippen MR) is 75.4 cm³/mol. The van der Waals surface area contributed by atoms with Crippen LogP contribution in [-0.2, 0) is 0 Å². The van der Waals surface area contributed by atoms with Crippen molar-refractivity contribution in [3.8, 4) is 0 Å². The average molecular weight is 274 g/mol. The van der Waals surface area contributed by atoms with Crippen molar-refractivity contribution in [2.45, 2.75) is 26.8 Å². The van der Waals surface area contributed by atoms with Crippen LogP contribution in [0.1, 0.15) is 30.2 Å². The summed E-state index contributed by atoms with van der Waals surface area (Å²) in [5.74, 6) is 2.30. The largest absolute Gasteiger partial charge is 0.444 e. The summed E-state index contributed by atoms with van der Waals surface area (Å²) >= 11 is 1.64. The average Bonchev–Trinajstić information content (AvgIpc) is 2.98. The fourth-order valence-corrected chi connectivity index (χ4v) is 2.87. The second-order valence-electron chi connectivity index (χ2n) is 4.49. The van der Waals surface area contributed by atoms with Crippen LogP contribution in [0.4, 0.5) is 5.82 Å². The molecular weight excluding hydrogens is 260 g/mol. The summed E-state index contributed by atoms with van der Waals surface area (Å²) in [6.07, 6.45) is 3.30. The highest BCUT2D eigenvalue weighted by atomic mass is 32.1. The number of anilines is 1. The van der Waals surface area contributed by atoms with Gasteiger partial charge in [0, 0.05) is 0 Å². The molecule has 0 aliphatic heterocycles. The van der Waals surface area contributed by atoms with Gasteiger partial charge in [-0.3, -0.25) is 0 Å². The summed E-state index contributed by atoms with van der Waals surface area (Å²) in [5, 5.41) is 5.42. The van der Waals surface area contributed by atoms with Crippen molar-refractivity contribution in [3.63, 3.8) is 0 Å². The maximum Gasteiger partial charge on any atom is 0.216 e. The van der Waals surface area contributed by atoms with Crippen molar-refractivity contribution in [2.75, 3.05) is 5.32 Å². The minimum atomic E-state index is -0.0331. The number of hydrogen-bond acceptors (Lipinski definition) is 6. The number of rotatable bonds is 3. The SMILES string of the molecule is Cc1cnc(C(C)Nc2ncnc3c(C)csc23)o1. The van der Waals surface area contributed by atoms with Gasteiger partial charge in [-0.2, -0.15) is 0 Å². The van der Waals surface area contributed by atoms with Gasteiger partial charge < -0.3 is 9.73 Å². The van der Waals surface area contributed by atoms with E-state index in [1.807, 2.05) is 13.8 Å². The van der Waals surface area contributed by atoms with Crippen LogP contribution >= 0.6 is 11.3 Å². The molecule has 0 bridgehead atoms. The van der Waals surface area contributed by atoms with E-state index in [-0.39, 0.29) is 6.04 Å². The zero-order valence-electron chi connectivity index (χ0n) is 11.0. The standard InChI is InChI=1S/C13H14N4OS/c1-7-5-19-11-10(7)15-6-16-12(11)17-9(3)13-14-4-8(2)18-13/h4-6,9H,1-3H3,(H,15,16,17). The monoisotopic (exact) mass is 274 g/mol. The number of hydrogen-bond donors (Lipinski definition) is 1. The van der Waals surface area contributed by atoms with Gasteiger partial charge >= 0.3 is 0 Å². The minimum absolute atomic E-state index is 0.0331. The molecule has 0 fully saturated rings. The Labute approximate surface area is 114 Å². The van der Waals surface area contributed by atoms with E-state index in [1.165, 1.54) is 5.56 Å². The minimum Gasteiger partial charge on any atom is -0.444 e. The summed E-state index contributed by atoms with van der Waals surface area (Å²) in [5.41, 5.74) is 2.17. The van der Waals surface area contributed by atoms with E-state index in [4.69, 9.17) is 4.42 Å². The zero-order chi connectivity index (χ0) is 13.4. The Balaban J connectivity index is 1.93. The van der Waals surface area contributed by atoms with Crippen LogP contribution in [0.5, 0.6) is 0 Å². The van der Waals surface area contributed by atoms with Crippen LogP contribution < -0.4 is 5.32 Å². The topological polar surface area (TPSA) is 63.8 Å². The Hall–Kier alpha value is -1.95. The van der Waals surface area contributed by atoms with Gasteiger partial charge in [-0.15, -0.1) is 11.3 Å². The normalized spacial score (nSPS) is 12.8. The molecule has 3 rings (SSSR count). The van der Waals surface area contributed by atoms with Gasteiger partial charge in [0.1, 0.15) is 23.9 Å². The zero-order valence-corrected chi connectivity index (χ0v) is 11.8. The Morgan fingerprint density at radius 1 is 1.26 bits per heavy atom. The number of fused-ring (bicyclic) bond motifs is 1. The molecule has 1 unspecified atom stereocenters. The molecule has 1 N–H and O–H groups in total. The predicted octanol–water partition coefficient (Wildman–Crippen LogP) is 3.47. The third-order valence-corrected chi connectivity index (χ3v) is 3.99. The highest BCUT2D eigenvalue weighted by molar-refractivity contribution is 7.18. The van der Waals surface area contributed by atoms with Crippen molar-refractivity contribution in [2.24, 2.45) is 0 Å². The molecule has 98 valence electrons. The number of aromatic nitrogens is 3. The quantitative estimate of drug-likeness (QED) is 0.792. The lowest BCUT2D eigenvalue weighted by Crippen LogP contribution is -2.08. The van der Waals surface area contributed by atoms with E-state index in [9.17, 15) is 0 Å². The third-order valence-electron chi connectivity index (χ3n) is 2.89. The molecule has 0 saturated carbocycles. The summed E-state index contributed by atoms with van der Waals surface area (Å²) in [6.45, 7) is 5.94. The van der Waals surface area contributed by atoms with Gasteiger partial charge in [-0.1, -0.05) is 0 Å². The lowest BCUT2D eigenvalue weighted by atomic mass is 10.3. The fourth-order valence-electron chi connectivity index (χ4n) is 1.91. The number of aryl methyl sites for hydroxylation is 2. The number of nitrogens with zero attached hydrogens (tertiary/aromatic N) is 3. The fraction of sp³-hybridized carbons (Fsp3) is 0.308. The second-order valence-corrected chi connectivity index (χ2v) is 5.37. The first-order valence-corrected chi connectivity index (χ1v) is 6.91. The van der Waals surface area contributed by atoms with Crippen LogP contribution in [-0.4, -0.2) is 15.0 Å². The summed E-state index contributed by atoms with van der Waals surface area (Å²) < 4.78 is 6.59. The highest BCUT2D eigenvalue weighted by Crippen LogP contribution is 2.30. The molecule has 0 spiro atoms. The van der Waals surface area contributed by atoms with Crippen LogP contribution in [0.15, 0.2) is 22.3 Å². The molecule has 3 heterocycles. The van der Waals surface area contributed by atoms with Gasteiger partial charge in [0.05, 0.1) is 16.4 Å². The molecule has 3 aromatic heterocycles. The molecule has 0 amide bonds. The Morgan fingerprint density at radius 3 is 2.84 bits per heavy atom. The number of thiophene rings is 1. The number of nitrogens with one attached hydrogen (secondary N) is 1. The van der Waals surface area contributed by atoms with Gasteiger partial charge in [0.15, 0.2) is 0 Å². The smallest absolute Gasteiger partial charge is 0.216 e. The van der Waals surface area contributed by atoms with Crippen LogP contribution in [0, 0.1) is 13.8 Å². The molecule has 5 nitrogen and oxygen atoms in total. The first kappa shape index (κ1) is 12.1. The summed E-state index contributed by atoms with van der Waals surface area (Å²) in [4.78, 5) is 12.8. The summed E-state index contributed by atoms with van der Waals surface area (Å²) in [6, 6.07) is -0.0331. The molecular formula is C13H14N4OS. The molecule has 0 aliphatic carbocycles. The Bertz CT molecular complexity index is 718. The third kappa shape index (κ3) is 2.19. The van der Waals surface area contributed by atoms with Crippen molar-refractivity contribution >= 4 is 27.4 Å². The lowest BCUT2D eigenvalue weighted by molar-refractivity contribution is 0.453. The maximum atomic E-state index is 5.52.